The Morgan fingerprint density at radius 2 is 2.00 bits per heavy atom. The summed E-state index contributed by atoms with van der Waals surface area (Å²) in [6, 6.07) is 1.12. The second kappa shape index (κ2) is 7.33. The van der Waals surface area contributed by atoms with Gasteiger partial charge >= 0.3 is 0 Å². The predicted molar refractivity (Wildman–Crippen MR) is 103 cm³/mol. The normalized spacial score (nSPS) is 27.4. The van der Waals surface area contributed by atoms with Crippen LogP contribution >= 0.6 is 11.6 Å². The van der Waals surface area contributed by atoms with Crippen LogP contribution in [0.5, 0.6) is 0 Å². The van der Waals surface area contributed by atoms with Crippen molar-refractivity contribution >= 4 is 19.9 Å². The molecule has 2 rings (SSSR count). The van der Waals surface area contributed by atoms with Crippen molar-refractivity contribution in [1.29, 1.82) is 0 Å². The molecule has 4 heteroatoms. The number of halogens is 1. The lowest BCUT2D eigenvalue weighted by atomic mass is 9.86. The molecular formula is C19H34ClNOSi. The first-order chi connectivity index (χ1) is 10.7. The molecule has 1 fully saturated rings. The molecule has 0 bridgehead atoms. The van der Waals surface area contributed by atoms with Crippen LogP contribution in [-0.2, 0) is 4.43 Å². The van der Waals surface area contributed by atoms with Crippen LogP contribution in [-0.4, -0.2) is 31.8 Å². The van der Waals surface area contributed by atoms with Crippen LogP contribution in [0.25, 0.3) is 0 Å². The van der Waals surface area contributed by atoms with E-state index in [1.54, 1.807) is 5.54 Å². The molecule has 0 spiro atoms. The van der Waals surface area contributed by atoms with E-state index < -0.39 is 8.32 Å². The van der Waals surface area contributed by atoms with E-state index in [1.807, 2.05) is 0 Å². The van der Waals surface area contributed by atoms with E-state index in [9.17, 15) is 0 Å². The van der Waals surface area contributed by atoms with Crippen LogP contribution in [0.4, 0.5) is 0 Å². The Balaban J connectivity index is 2.26. The Labute approximate surface area is 149 Å². The SMILES string of the molecule is CC1=C(O[Si](C)(C)C(C)(C)C)C[C@@H](C/C=C\Cl)N2CCCC[C@@H]12. The zero-order valence-corrected chi connectivity index (χ0v) is 17.5. The van der Waals surface area contributed by atoms with Crippen molar-refractivity contribution in [3.05, 3.63) is 22.9 Å². The molecule has 0 aromatic rings. The lowest BCUT2D eigenvalue weighted by Crippen LogP contribution is -2.51. The highest BCUT2D eigenvalue weighted by atomic mass is 35.5. The van der Waals surface area contributed by atoms with E-state index in [-0.39, 0.29) is 5.04 Å². The average molecular weight is 356 g/mol. The summed E-state index contributed by atoms with van der Waals surface area (Å²) in [7, 11) is -1.77. The van der Waals surface area contributed by atoms with Crippen LogP contribution < -0.4 is 0 Å². The third kappa shape index (κ3) is 4.24. The maximum atomic E-state index is 6.75. The van der Waals surface area contributed by atoms with Gasteiger partial charge in [0.2, 0.25) is 8.32 Å². The van der Waals surface area contributed by atoms with Gasteiger partial charge in [0.05, 0.1) is 5.76 Å². The molecule has 23 heavy (non-hydrogen) atoms. The topological polar surface area (TPSA) is 12.5 Å². The summed E-state index contributed by atoms with van der Waals surface area (Å²) < 4.78 is 6.75. The van der Waals surface area contributed by atoms with E-state index in [0.717, 1.165) is 12.8 Å². The summed E-state index contributed by atoms with van der Waals surface area (Å²) in [4.78, 5) is 2.70. The molecule has 0 aromatic heterocycles. The summed E-state index contributed by atoms with van der Waals surface area (Å²) in [5.41, 5.74) is 3.15. The van der Waals surface area contributed by atoms with E-state index in [1.165, 1.54) is 37.1 Å². The molecule has 1 saturated heterocycles. The van der Waals surface area contributed by atoms with Crippen molar-refractivity contribution < 1.29 is 4.43 Å². The monoisotopic (exact) mass is 355 g/mol. The van der Waals surface area contributed by atoms with E-state index >= 15 is 0 Å². The highest BCUT2D eigenvalue weighted by molar-refractivity contribution is 6.74. The predicted octanol–water partition coefficient (Wildman–Crippen LogP) is 6.05. The molecule has 0 unspecified atom stereocenters. The molecular weight excluding hydrogens is 322 g/mol. The Morgan fingerprint density at radius 1 is 1.30 bits per heavy atom. The van der Waals surface area contributed by atoms with Crippen molar-refractivity contribution in [3.63, 3.8) is 0 Å². The average Bonchev–Trinajstić information content (AvgIpc) is 2.47. The molecule has 2 aliphatic rings. The molecule has 132 valence electrons. The van der Waals surface area contributed by atoms with E-state index in [2.05, 4.69) is 51.8 Å². The van der Waals surface area contributed by atoms with E-state index in [0.29, 0.717) is 12.1 Å². The third-order valence-electron chi connectivity index (χ3n) is 6.06. The Hall–Kier alpha value is -0.253. The first-order valence-electron chi connectivity index (χ1n) is 9.07. The first-order valence-corrected chi connectivity index (χ1v) is 12.4. The summed E-state index contributed by atoms with van der Waals surface area (Å²) in [6.07, 6.45) is 8.10. The number of fused-ring (bicyclic) bond motifs is 1. The van der Waals surface area contributed by atoms with Crippen LogP contribution in [0.3, 0.4) is 0 Å². The highest BCUT2D eigenvalue weighted by Gasteiger charge is 2.42. The van der Waals surface area contributed by atoms with Gasteiger partial charge in [0.25, 0.3) is 0 Å². The van der Waals surface area contributed by atoms with Gasteiger partial charge in [-0.15, -0.1) is 0 Å². The molecule has 0 radical (unpaired) electrons. The van der Waals surface area contributed by atoms with Gasteiger partial charge in [-0.25, -0.2) is 0 Å². The van der Waals surface area contributed by atoms with Crippen molar-refractivity contribution in [2.75, 3.05) is 6.54 Å². The van der Waals surface area contributed by atoms with Gasteiger partial charge in [-0.2, -0.15) is 0 Å². The zero-order valence-electron chi connectivity index (χ0n) is 15.8. The van der Waals surface area contributed by atoms with Gasteiger partial charge in [-0.05, 0) is 56.4 Å². The molecule has 0 N–H and O–H groups in total. The Bertz CT molecular complexity index is 478. The molecule has 0 aliphatic carbocycles. The summed E-state index contributed by atoms with van der Waals surface area (Å²) in [6.45, 7) is 15.2. The smallest absolute Gasteiger partial charge is 0.250 e. The Morgan fingerprint density at radius 3 is 2.61 bits per heavy atom. The third-order valence-corrected chi connectivity index (χ3v) is 10.6. The largest absolute Gasteiger partial charge is 0.546 e. The molecule has 0 aromatic carbocycles. The van der Waals surface area contributed by atoms with Crippen LogP contribution in [0.2, 0.25) is 18.1 Å². The molecule has 2 atom stereocenters. The van der Waals surface area contributed by atoms with Crippen molar-refractivity contribution in [2.24, 2.45) is 0 Å². The molecule has 2 heterocycles. The first kappa shape index (κ1) is 19.1. The molecule has 2 nitrogen and oxygen atoms in total. The zero-order chi connectivity index (χ0) is 17.3. The van der Waals surface area contributed by atoms with Gasteiger partial charge in [-0.1, -0.05) is 44.9 Å². The molecule has 2 aliphatic heterocycles. The van der Waals surface area contributed by atoms with Gasteiger partial charge in [0.15, 0.2) is 0 Å². The standard InChI is InChI=1S/C19H34ClNOSi/c1-15-17-11-7-8-13-21(17)16(10-9-12-20)14-18(15)22-23(5,6)19(2,3)4/h9,12,16-17H,7-8,10-11,13-14H2,1-6H3/b12-9-/t16-,17+/m1/s1. The van der Waals surface area contributed by atoms with Gasteiger partial charge in [0.1, 0.15) is 0 Å². The second-order valence-electron chi connectivity index (χ2n) is 8.67. The van der Waals surface area contributed by atoms with Crippen LogP contribution in [0.1, 0.15) is 59.8 Å². The van der Waals surface area contributed by atoms with Crippen molar-refractivity contribution in [1.82, 2.24) is 4.90 Å². The summed E-state index contributed by atoms with van der Waals surface area (Å²) in [5.74, 6) is 1.28. The Kier molecular flexibility index (Phi) is 6.08. The maximum absolute atomic E-state index is 6.75. The molecule has 0 saturated carbocycles. The number of piperidine rings is 1. The van der Waals surface area contributed by atoms with Crippen LogP contribution in [0.15, 0.2) is 22.9 Å². The minimum Gasteiger partial charge on any atom is -0.546 e. The van der Waals surface area contributed by atoms with Crippen molar-refractivity contribution in [2.45, 2.75) is 90.0 Å². The van der Waals surface area contributed by atoms with Gasteiger partial charge in [0, 0.05) is 24.0 Å². The lowest BCUT2D eigenvalue weighted by Gasteiger charge is -2.48. The summed E-state index contributed by atoms with van der Waals surface area (Å²) in [5, 5.41) is 0.246. The van der Waals surface area contributed by atoms with Gasteiger partial charge < -0.3 is 4.43 Å². The minimum absolute atomic E-state index is 0.246. The van der Waals surface area contributed by atoms with Gasteiger partial charge in [-0.3, -0.25) is 4.90 Å². The number of rotatable bonds is 4. The highest BCUT2D eigenvalue weighted by Crippen LogP contribution is 2.42. The van der Waals surface area contributed by atoms with Crippen molar-refractivity contribution in [3.8, 4) is 0 Å². The number of hydrogen-bond acceptors (Lipinski definition) is 2. The number of nitrogens with zero attached hydrogens (tertiary/aromatic N) is 1. The fourth-order valence-electron chi connectivity index (χ4n) is 3.54. The maximum Gasteiger partial charge on any atom is 0.250 e. The fraction of sp³-hybridized carbons (Fsp3) is 0.789. The molecule has 0 amide bonds. The van der Waals surface area contributed by atoms with Crippen LogP contribution in [0, 0.1) is 0 Å². The fourth-order valence-corrected chi connectivity index (χ4v) is 4.81. The quantitative estimate of drug-likeness (QED) is 0.569. The number of hydrogen-bond donors (Lipinski definition) is 0. The minimum atomic E-state index is -1.77. The second-order valence-corrected chi connectivity index (χ2v) is 13.7. The lowest BCUT2D eigenvalue weighted by molar-refractivity contribution is 0.0877. The summed E-state index contributed by atoms with van der Waals surface area (Å²) >= 11 is 5.79. The van der Waals surface area contributed by atoms with E-state index in [4.69, 9.17) is 16.0 Å².